The average Bonchev–Trinajstić information content (AvgIpc) is 3.57. The second kappa shape index (κ2) is 7.33. The fourth-order valence-electron chi connectivity index (χ4n) is 3.58. The van der Waals surface area contributed by atoms with E-state index in [9.17, 15) is 14.4 Å². The van der Waals surface area contributed by atoms with Gasteiger partial charge in [-0.05, 0) is 63.1 Å². The van der Waals surface area contributed by atoms with Crippen molar-refractivity contribution in [1.29, 1.82) is 0 Å². The fourth-order valence-corrected chi connectivity index (χ4v) is 3.58. The molecule has 0 spiro atoms. The molecule has 3 aliphatic rings. The summed E-state index contributed by atoms with van der Waals surface area (Å²) < 4.78 is 0. The van der Waals surface area contributed by atoms with E-state index in [1.165, 1.54) is 0 Å². The Balaban J connectivity index is 1.34. The topological polar surface area (TPSA) is 78.5 Å². The van der Waals surface area contributed by atoms with Gasteiger partial charge in [-0.3, -0.25) is 14.4 Å². The van der Waals surface area contributed by atoms with E-state index < -0.39 is 0 Å². The molecule has 2 saturated carbocycles. The number of hydrogen-bond donors (Lipinski definition) is 2. The lowest BCUT2D eigenvalue weighted by atomic mass is 9.95. The van der Waals surface area contributed by atoms with Gasteiger partial charge in [-0.2, -0.15) is 0 Å². The molecule has 6 heteroatoms. The molecule has 0 unspecified atom stereocenters. The third-order valence-electron chi connectivity index (χ3n) is 5.77. The van der Waals surface area contributed by atoms with Crippen molar-refractivity contribution in [3.05, 3.63) is 29.3 Å². The molecule has 1 aliphatic heterocycles. The summed E-state index contributed by atoms with van der Waals surface area (Å²) in [6.45, 7) is 3.25. The summed E-state index contributed by atoms with van der Waals surface area (Å²) in [5.41, 5.74) is 2.21. The Morgan fingerprint density at radius 2 is 1.67 bits per heavy atom. The molecular weight excluding hydrogens is 342 g/mol. The van der Waals surface area contributed by atoms with Crippen LogP contribution >= 0.6 is 0 Å². The third kappa shape index (κ3) is 4.31. The van der Waals surface area contributed by atoms with E-state index in [1.807, 2.05) is 17.9 Å². The minimum Gasteiger partial charge on any atom is -0.349 e. The smallest absolute Gasteiger partial charge is 0.251 e. The molecule has 0 atom stereocenters. The molecule has 1 aromatic carbocycles. The molecule has 2 aliphatic carbocycles. The molecule has 1 saturated heterocycles. The lowest BCUT2D eigenvalue weighted by Gasteiger charge is -2.31. The molecular formula is C21H27N3O3. The lowest BCUT2D eigenvalue weighted by Crippen LogP contribution is -2.42. The number of piperidine rings is 1. The summed E-state index contributed by atoms with van der Waals surface area (Å²) in [7, 11) is 0. The summed E-state index contributed by atoms with van der Waals surface area (Å²) >= 11 is 0. The molecule has 0 aromatic heterocycles. The van der Waals surface area contributed by atoms with Crippen LogP contribution in [0.2, 0.25) is 0 Å². The van der Waals surface area contributed by atoms with Gasteiger partial charge in [-0.15, -0.1) is 0 Å². The molecule has 27 heavy (non-hydrogen) atoms. The molecule has 6 nitrogen and oxygen atoms in total. The Morgan fingerprint density at radius 3 is 2.30 bits per heavy atom. The molecule has 1 aromatic rings. The molecule has 3 fully saturated rings. The number of aryl methyl sites for hydroxylation is 1. The van der Waals surface area contributed by atoms with E-state index in [0.717, 1.165) is 31.2 Å². The molecule has 144 valence electrons. The van der Waals surface area contributed by atoms with Crippen molar-refractivity contribution >= 4 is 23.4 Å². The summed E-state index contributed by atoms with van der Waals surface area (Å²) in [4.78, 5) is 39.0. The van der Waals surface area contributed by atoms with Gasteiger partial charge in [0.05, 0.1) is 0 Å². The Hall–Kier alpha value is -2.37. The van der Waals surface area contributed by atoms with Gasteiger partial charge in [-0.25, -0.2) is 0 Å². The van der Waals surface area contributed by atoms with E-state index >= 15 is 0 Å². The first-order valence-electron chi connectivity index (χ1n) is 10.0. The summed E-state index contributed by atoms with van der Waals surface area (Å²) in [5.74, 6) is 0.314. The lowest BCUT2D eigenvalue weighted by molar-refractivity contribution is -0.135. The van der Waals surface area contributed by atoms with E-state index in [-0.39, 0.29) is 29.6 Å². The number of carbonyl (C=O) groups excluding carboxylic acids is 3. The van der Waals surface area contributed by atoms with Crippen LogP contribution < -0.4 is 10.6 Å². The highest BCUT2D eigenvalue weighted by Crippen LogP contribution is 2.32. The quantitative estimate of drug-likeness (QED) is 0.837. The number of carbonyl (C=O) groups is 3. The van der Waals surface area contributed by atoms with Gasteiger partial charge in [0.15, 0.2) is 0 Å². The first-order chi connectivity index (χ1) is 13.0. The van der Waals surface area contributed by atoms with Crippen LogP contribution in [0.4, 0.5) is 5.69 Å². The first kappa shape index (κ1) is 18.0. The summed E-state index contributed by atoms with van der Waals surface area (Å²) in [5, 5.41) is 5.97. The summed E-state index contributed by atoms with van der Waals surface area (Å²) in [6.07, 6.45) is 5.52. The average molecular weight is 369 g/mol. The molecule has 2 N–H and O–H groups in total. The predicted octanol–water partition coefficient (Wildman–Crippen LogP) is 2.47. The van der Waals surface area contributed by atoms with Crippen LogP contribution in [-0.4, -0.2) is 41.8 Å². The number of nitrogens with one attached hydrogen (secondary N) is 2. The second-order valence-corrected chi connectivity index (χ2v) is 8.14. The van der Waals surface area contributed by atoms with Crippen molar-refractivity contribution in [1.82, 2.24) is 10.2 Å². The Morgan fingerprint density at radius 1 is 0.963 bits per heavy atom. The predicted molar refractivity (Wildman–Crippen MR) is 102 cm³/mol. The number of likely N-dealkylation sites (tertiary alicyclic amines) is 1. The van der Waals surface area contributed by atoms with E-state index in [0.29, 0.717) is 43.2 Å². The van der Waals surface area contributed by atoms with Gasteiger partial charge in [0.25, 0.3) is 5.91 Å². The highest BCUT2D eigenvalue weighted by Gasteiger charge is 2.36. The molecule has 3 amide bonds. The maximum Gasteiger partial charge on any atom is 0.251 e. The zero-order valence-electron chi connectivity index (χ0n) is 15.8. The van der Waals surface area contributed by atoms with Gasteiger partial charge in [0.1, 0.15) is 0 Å². The minimum atomic E-state index is -0.0865. The van der Waals surface area contributed by atoms with E-state index in [2.05, 4.69) is 10.6 Å². The van der Waals surface area contributed by atoms with Gasteiger partial charge in [0.2, 0.25) is 11.8 Å². The van der Waals surface area contributed by atoms with Crippen molar-refractivity contribution < 1.29 is 14.4 Å². The van der Waals surface area contributed by atoms with E-state index in [1.54, 1.807) is 12.1 Å². The van der Waals surface area contributed by atoms with Crippen LogP contribution in [0.25, 0.3) is 0 Å². The highest BCUT2D eigenvalue weighted by molar-refractivity contribution is 5.98. The largest absolute Gasteiger partial charge is 0.349 e. The zero-order chi connectivity index (χ0) is 19.0. The first-order valence-corrected chi connectivity index (χ1v) is 10.0. The van der Waals surface area contributed by atoms with Gasteiger partial charge < -0.3 is 15.5 Å². The van der Waals surface area contributed by atoms with Crippen molar-refractivity contribution in [2.75, 3.05) is 18.4 Å². The maximum absolute atomic E-state index is 12.7. The molecule has 1 heterocycles. The van der Waals surface area contributed by atoms with Crippen LogP contribution in [0.15, 0.2) is 18.2 Å². The van der Waals surface area contributed by atoms with Crippen LogP contribution in [0.5, 0.6) is 0 Å². The molecule has 0 bridgehead atoms. The van der Waals surface area contributed by atoms with Gasteiger partial charge >= 0.3 is 0 Å². The van der Waals surface area contributed by atoms with Crippen LogP contribution in [0.3, 0.4) is 0 Å². The van der Waals surface area contributed by atoms with Gasteiger partial charge in [0, 0.05) is 42.2 Å². The number of nitrogens with zero attached hydrogens (tertiary/aromatic N) is 1. The molecule has 0 radical (unpaired) electrons. The van der Waals surface area contributed by atoms with Crippen LogP contribution in [-0.2, 0) is 9.59 Å². The van der Waals surface area contributed by atoms with Crippen molar-refractivity contribution in [2.45, 2.75) is 51.5 Å². The Labute approximate surface area is 159 Å². The Bertz CT molecular complexity index is 760. The number of amides is 3. The fraction of sp³-hybridized carbons (Fsp3) is 0.571. The summed E-state index contributed by atoms with van der Waals surface area (Å²) in [6, 6.07) is 5.73. The number of anilines is 1. The number of benzene rings is 1. The zero-order valence-corrected chi connectivity index (χ0v) is 15.8. The number of rotatable bonds is 5. The van der Waals surface area contributed by atoms with Gasteiger partial charge in [-0.1, -0.05) is 6.07 Å². The Kier molecular flexibility index (Phi) is 4.89. The molecule has 4 rings (SSSR count). The third-order valence-corrected chi connectivity index (χ3v) is 5.77. The number of hydrogen-bond acceptors (Lipinski definition) is 3. The SMILES string of the molecule is Cc1ccc(C(=O)NC2CC2)cc1NC(=O)C1CCN(C(=O)C2CC2)CC1. The monoisotopic (exact) mass is 369 g/mol. The normalized spacial score (nSPS) is 20.3. The maximum atomic E-state index is 12.7. The van der Waals surface area contributed by atoms with Crippen molar-refractivity contribution in [2.24, 2.45) is 11.8 Å². The van der Waals surface area contributed by atoms with Crippen LogP contribution in [0, 0.1) is 18.8 Å². The second-order valence-electron chi connectivity index (χ2n) is 8.14. The van der Waals surface area contributed by atoms with Crippen molar-refractivity contribution in [3.63, 3.8) is 0 Å². The minimum absolute atomic E-state index is 0.0172. The van der Waals surface area contributed by atoms with Crippen LogP contribution in [0.1, 0.15) is 54.4 Å². The standard InChI is InChI=1S/C21H27N3O3/c1-13-2-3-16(20(26)22-17-6-7-17)12-18(13)23-19(25)14-8-10-24(11-9-14)21(27)15-4-5-15/h2-3,12,14-15,17H,4-11H2,1H3,(H,22,26)(H,23,25). The van der Waals surface area contributed by atoms with E-state index in [4.69, 9.17) is 0 Å². The highest BCUT2D eigenvalue weighted by atomic mass is 16.2. The van der Waals surface area contributed by atoms with Crippen molar-refractivity contribution in [3.8, 4) is 0 Å².